The fourth-order valence-electron chi connectivity index (χ4n) is 6.13. The van der Waals surface area contributed by atoms with Crippen molar-refractivity contribution < 1.29 is 25.5 Å². The molecule has 5 heteroatoms. The van der Waals surface area contributed by atoms with Gasteiger partial charge in [0.05, 0.1) is 23.9 Å². The predicted octanol–water partition coefficient (Wildman–Crippen LogP) is 3.87. The molecule has 6 atom stereocenters. The van der Waals surface area contributed by atoms with Crippen LogP contribution in [0.2, 0.25) is 0 Å². The minimum absolute atomic E-state index is 0. The van der Waals surface area contributed by atoms with Gasteiger partial charge in [0.25, 0.3) is 0 Å². The Hall–Kier alpha value is -0.980. The van der Waals surface area contributed by atoms with E-state index in [1.54, 1.807) is 0 Å². The summed E-state index contributed by atoms with van der Waals surface area (Å²) in [6, 6.07) is 0. The second-order valence-electron chi connectivity index (χ2n) is 10.8. The van der Waals surface area contributed by atoms with Gasteiger partial charge in [-0.25, -0.2) is 0 Å². The van der Waals surface area contributed by atoms with E-state index in [9.17, 15) is 15.3 Å². The van der Waals surface area contributed by atoms with E-state index in [1.807, 2.05) is 13.8 Å². The molecule has 31 heavy (non-hydrogen) atoms. The van der Waals surface area contributed by atoms with Crippen molar-refractivity contribution in [2.45, 2.75) is 103 Å². The highest BCUT2D eigenvalue weighted by atomic mass is 16.5. The Kier molecular flexibility index (Phi) is 8.73. The molecule has 3 aliphatic rings. The molecular weight excluding hydrogens is 392 g/mol. The lowest BCUT2D eigenvalue weighted by Gasteiger charge is -2.44. The largest absolute Gasteiger partial charge is 0.412 e. The number of fused-ring (bicyclic) bond motifs is 1. The van der Waals surface area contributed by atoms with E-state index in [-0.39, 0.29) is 17.0 Å². The summed E-state index contributed by atoms with van der Waals surface area (Å²) in [7, 11) is 0. The average molecular weight is 437 g/mol. The minimum atomic E-state index is -0.680. The summed E-state index contributed by atoms with van der Waals surface area (Å²) in [6.07, 6.45) is 11.0. The molecule has 0 unspecified atom stereocenters. The van der Waals surface area contributed by atoms with Crippen LogP contribution in [0.15, 0.2) is 35.5 Å². The summed E-state index contributed by atoms with van der Waals surface area (Å²) in [5, 5.41) is 30.1. The molecule has 0 aromatic carbocycles. The van der Waals surface area contributed by atoms with Gasteiger partial charge in [0.1, 0.15) is 0 Å². The third-order valence-electron chi connectivity index (χ3n) is 7.96. The minimum Gasteiger partial charge on any atom is -0.412 e. The molecule has 0 bridgehead atoms. The molecule has 3 rings (SSSR count). The topological polar surface area (TPSA) is 101 Å². The first-order valence-corrected chi connectivity index (χ1v) is 11.8. The number of aliphatic hydroxyl groups excluding tert-OH is 2. The first-order chi connectivity index (χ1) is 14.0. The fraction of sp³-hybridized carbons (Fsp3) is 0.769. The highest BCUT2D eigenvalue weighted by Crippen LogP contribution is 2.58. The van der Waals surface area contributed by atoms with Gasteiger partial charge in [0.15, 0.2) is 0 Å². The lowest BCUT2D eigenvalue weighted by Crippen LogP contribution is -2.39. The van der Waals surface area contributed by atoms with Crippen LogP contribution in [0.3, 0.4) is 0 Å². The van der Waals surface area contributed by atoms with Crippen molar-refractivity contribution in [2.24, 2.45) is 17.3 Å². The molecule has 0 aromatic heterocycles. The normalized spacial score (nSPS) is 37.6. The van der Waals surface area contributed by atoms with Gasteiger partial charge >= 0.3 is 0 Å². The number of allylic oxidation sites excluding steroid dienone is 3. The van der Waals surface area contributed by atoms with Crippen molar-refractivity contribution in [3.63, 3.8) is 0 Å². The van der Waals surface area contributed by atoms with E-state index >= 15 is 0 Å². The zero-order chi connectivity index (χ0) is 22.1. The Morgan fingerprint density at radius 3 is 2.65 bits per heavy atom. The molecule has 5 nitrogen and oxygen atoms in total. The van der Waals surface area contributed by atoms with Crippen LogP contribution >= 0.6 is 0 Å². The molecule has 0 saturated heterocycles. The van der Waals surface area contributed by atoms with Crippen LogP contribution in [-0.4, -0.2) is 51.3 Å². The van der Waals surface area contributed by atoms with Gasteiger partial charge in [-0.15, -0.1) is 0 Å². The van der Waals surface area contributed by atoms with Crippen molar-refractivity contribution in [3.8, 4) is 0 Å². The number of ether oxygens (including phenoxy) is 1. The van der Waals surface area contributed by atoms with Crippen LogP contribution in [0.1, 0.15) is 79.1 Å². The van der Waals surface area contributed by atoms with Gasteiger partial charge in [-0.3, -0.25) is 0 Å². The van der Waals surface area contributed by atoms with Crippen LogP contribution in [0, 0.1) is 17.3 Å². The molecular formula is C26H44O5. The Balaban J connectivity index is 0.00000341. The Morgan fingerprint density at radius 1 is 1.26 bits per heavy atom. The summed E-state index contributed by atoms with van der Waals surface area (Å²) >= 11 is 0. The van der Waals surface area contributed by atoms with E-state index < -0.39 is 17.8 Å². The van der Waals surface area contributed by atoms with Crippen LogP contribution in [-0.2, 0) is 4.74 Å². The summed E-state index contributed by atoms with van der Waals surface area (Å²) in [4.78, 5) is 0. The van der Waals surface area contributed by atoms with Crippen molar-refractivity contribution in [3.05, 3.63) is 35.5 Å². The molecule has 0 aliphatic heterocycles. The standard InChI is InChI=1S/C26H42O4.H2O/c1-17-20(15-21(27)16-24(17)28)9-8-19-7-6-12-26(5)22(10-11-23(19)26)18(2)30-14-13-25(3,4)29;/h8-9,18,21-24,27-29H,1,6-7,10-16H2,2-5H3;1H2/b19-8+,20-9-;/t18-,21+,22+,23-,24-,26+;/m0./s1. The van der Waals surface area contributed by atoms with E-state index in [1.165, 1.54) is 31.3 Å². The molecule has 0 radical (unpaired) electrons. The Morgan fingerprint density at radius 2 is 1.97 bits per heavy atom. The second-order valence-corrected chi connectivity index (χ2v) is 10.8. The molecule has 3 saturated carbocycles. The molecule has 178 valence electrons. The molecule has 5 N–H and O–H groups in total. The first-order valence-electron chi connectivity index (χ1n) is 11.8. The van der Waals surface area contributed by atoms with Gasteiger partial charge < -0.3 is 25.5 Å². The number of hydrogen-bond acceptors (Lipinski definition) is 4. The maximum atomic E-state index is 10.1. The van der Waals surface area contributed by atoms with Crippen molar-refractivity contribution in [2.75, 3.05) is 6.61 Å². The number of hydrogen-bond donors (Lipinski definition) is 3. The molecule has 3 fully saturated rings. The van der Waals surface area contributed by atoms with Gasteiger partial charge in [0.2, 0.25) is 0 Å². The van der Waals surface area contributed by atoms with Gasteiger partial charge in [-0.05, 0) is 94.1 Å². The molecule has 3 aliphatic carbocycles. The highest BCUT2D eigenvalue weighted by Gasteiger charge is 2.51. The first kappa shape index (κ1) is 26.3. The maximum absolute atomic E-state index is 10.1. The summed E-state index contributed by atoms with van der Waals surface area (Å²) in [6.45, 7) is 13.0. The van der Waals surface area contributed by atoms with Crippen molar-refractivity contribution >= 4 is 0 Å². The van der Waals surface area contributed by atoms with Crippen LogP contribution in [0.25, 0.3) is 0 Å². The van der Waals surface area contributed by atoms with E-state index in [0.29, 0.717) is 37.7 Å². The van der Waals surface area contributed by atoms with E-state index in [4.69, 9.17) is 4.74 Å². The number of aliphatic hydroxyl groups is 3. The number of rotatable bonds is 6. The van der Waals surface area contributed by atoms with Crippen molar-refractivity contribution in [1.82, 2.24) is 0 Å². The Labute approximate surface area is 188 Å². The SMILES string of the molecule is C=C1/C(=C\C=C2/CCC[C@]3(C)[C@@H]([C@H](C)OCCC(C)(C)O)CC[C@@H]23)C[C@@H](O)C[C@@H]1O.O. The van der Waals surface area contributed by atoms with Crippen LogP contribution in [0.5, 0.6) is 0 Å². The lowest BCUT2D eigenvalue weighted by atomic mass is 9.62. The third kappa shape index (κ3) is 6.08. The quantitative estimate of drug-likeness (QED) is 0.588. The highest BCUT2D eigenvalue weighted by molar-refractivity contribution is 5.38. The lowest BCUT2D eigenvalue weighted by molar-refractivity contribution is -0.0454. The third-order valence-corrected chi connectivity index (χ3v) is 7.96. The van der Waals surface area contributed by atoms with E-state index in [0.717, 1.165) is 17.6 Å². The predicted molar refractivity (Wildman–Crippen MR) is 125 cm³/mol. The molecule has 0 heterocycles. The van der Waals surface area contributed by atoms with E-state index in [2.05, 4.69) is 32.6 Å². The van der Waals surface area contributed by atoms with Gasteiger partial charge in [-0.2, -0.15) is 0 Å². The van der Waals surface area contributed by atoms with Crippen LogP contribution < -0.4 is 0 Å². The summed E-state index contributed by atoms with van der Waals surface area (Å²) in [5.74, 6) is 1.11. The fourth-order valence-corrected chi connectivity index (χ4v) is 6.13. The van der Waals surface area contributed by atoms with Crippen molar-refractivity contribution in [1.29, 1.82) is 0 Å². The molecule has 0 aromatic rings. The summed E-state index contributed by atoms with van der Waals surface area (Å²) in [5.41, 5.74) is 2.82. The van der Waals surface area contributed by atoms with Crippen LogP contribution in [0.4, 0.5) is 0 Å². The van der Waals surface area contributed by atoms with Gasteiger partial charge in [0, 0.05) is 13.0 Å². The Bertz CT molecular complexity index is 688. The monoisotopic (exact) mass is 436 g/mol. The molecule has 0 amide bonds. The zero-order valence-electron chi connectivity index (χ0n) is 19.9. The zero-order valence-corrected chi connectivity index (χ0v) is 19.9. The smallest absolute Gasteiger partial charge is 0.0811 e. The van der Waals surface area contributed by atoms with Gasteiger partial charge in [-0.1, -0.05) is 31.2 Å². The average Bonchev–Trinajstić information content (AvgIpc) is 3.00. The maximum Gasteiger partial charge on any atom is 0.0811 e. The summed E-state index contributed by atoms with van der Waals surface area (Å²) < 4.78 is 6.19. The second kappa shape index (κ2) is 10.3. The molecule has 0 spiro atoms.